The van der Waals surface area contributed by atoms with Crippen molar-refractivity contribution in [3.8, 4) is 17.2 Å². The van der Waals surface area contributed by atoms with E-state index in [0.29, 0.717) is 39.5 Å². The number of piperidine rings is 1. The zero-order chi connectivity index (χ0) is 28.4. The summed E-state index contributed by atoms with van der Waals surface area (Å²) in [5, 5.41) is 16.2. The number of fused-ring (bicyclic) bond motifs is 1. The third-order valence-corrected chi connectivity index (χ3v) is 7.50. The van der Waals surface area contributed by atoms with E-state index in [2.05, 4.69) is 17.4 Å². The number of hydrogen-bond donors (Lipinski definition) is 2. The molecule has 1 heterocycles. The van der Waals surface area contributed by atoms with E-state index in [9.17, 15) is 5.11 Å². The molecule has 0 aromatic heterocycles. The summed E-state index contributed by atoms with van der Waals surface area (Å²) >= 11 is 0. The molecule has 4 aromatic carbocycles. The number of methoxy groups -OCH3 is 2. The number of hydrogen-bond acceptors (Lipinski definition) is 7. The maximum Gasteiger partial charge on any atom is 0.132 e. The molecule has 4 aromatic rings. The van der Waals surface area contributed by atoms with Gasteiger partial charge in [0.15, 0.2) is 0 Å². The highest BCUT2D eigenvalue weighted by molar-refractivity contribution is 5.94. The standard InChI is InChI=1S/C34H39NO6/c1-37-31-19-26(34(38-2)29-12-7-6-11-28(29)31)23-41-32-21-35-20-30(36)33(32)25-13-15-27(16-14-25)40-18-8-17-39-22-24-9-4-3-5-10-24/h3-7,9-16,19,30,32-33,35-36H,8,17-18,20-23H2,1-2H3. The maximum atomic E-state index is 11.0. The van der Waals surface area contributed by atoms with Gasteiger partial charge in [-0.25, -0.2) is 0 Å². The van der Waals surface area contributed by atoms with Crippen LogP contribution in [0.5, 0.6) is 17.2 Å². The zero-order valence-electron chi connectivity index (χ0n) is 23.8. The van der Waals surface area contributed by atoms with Crippen molar-refractivity contribution >= 4 is 10.8 Å². The van der Waals surface area contributed by atoms with E-state index in [1.54, 1.807) is 14.2 Å². The highest BCUT2D eigenvalue weighted by Gasteiger charge is 2.34. The predicted molar refractivity (Wildman–Crippen MR) is 160 cm³/mol. The van der Waals surface area contributed by atoms with Gasteiger partial charge in [-0.3, -0.25) is 0 Å². The fourth-order valence-corrected chi connectivity index (χ4v) is 5.46. The smallest absolute Gasteiger partial charge is 0.132 e. The van der Waals surface area contributed by atoms with Crippen LogP contribution < -0.4 is 19.5 Å². The molecule has 0 spiro atoms. The van der Waals surface area contributed by atoms with Crippen LogP contribution in [0, 0.1) is 0 Å². The summed E-state index contributed by atoms with van der Waals surface area (Å²) in [5.74, 6) is 2.17. The molecular formula is C34H39NO6. The minimum atomic E-state index is -0.574. The first kappa shape index (κ1) is 28.9. The van der Waals surface area contributed by atoms with Gasteiger partial charge in [0.1, 0.15) is 17.2 Å². The molecule has 5 rings (SSSR count). The van der Waals surface area contributed by atoms with Crippen molar-refractivity contribution in [2.45, 2.75) is 37.8 Å². The molecule has 7 nitrogen and oxygen atoms in total. The summed E-state index contributed by atoms with van der Waals surface area (Å²) < 4.78 is 29.6. The molecule has 3 unspecified atom stereocenters. The van der Waals surface area contributed by atoms with Gasteiger partial charge in [-0.1, -0.05) is 66.7 Å². The molecule has 0 amide bonds. The average molecular weight is 558 g/mol. The lowest BCUT2D eigenvalue weighted by atomic mass is 9.85. The van der Waals surface area contributed by atoms with E-state index < -0.39 is 6.10 Å². The molecular weight excluding hydrogens is 518 g/mol. The van der Waals surface area contributed by atoms with Gasteiger partial charge in [-0.05, 0) is 29.3 Å². The van der Waals surface area contributed by atoms with Crippen LogP contribution in [0.25, 0.3) is 10.8 Å². The lowest BCUT2D eigenvalue weighted by Gasteiger charge is -2.36. The van der Waals surface area contributed by atoms with Gasteiger partial charge in [-0.15, -0.1) is 0 Å². The van der Waals surface area contributed by atoms with E-state index >= 15 is 0 Å². The highest BCUT2D eigenvalue weighted by Crippen LogP contribution is 2.38. The molecule has 2 N–H and O–H groups in total. The molecule has 0 bridgehead atoms. The predicted octanol–water partition coefficient (Wildman–Crippen LogP) is 5.48. The Labute approximate surface area is 242 Å². The zero-order valence-corrected chi connectivity index (χ0v) is 23.8. The molecule has 216 valence electrons. The van der Waals surface area contributed by atoms with Crippen molar-refractivity contribution in [1.82, 2.24) is 5.32 Å². The quantitative estimate of drug-likeness (QED) is 0.211. The van der Waals surface area contributed by atoms with Crippen molar-refractivity contribution in [3.05, 3.63) is 102 Å². The molecule has 0 saturated carbocycles. The second kappa shape index (κ2) is 14.3. The van der Waals surface area contributed by atoms with E-state index in [-0.39, 0.29) is 12.0 Å². The summed E-state index contributed by atoms with van der Waals surface area (Å²) in [6, 6.07) is 28.1. The topological polar surface area (TPSA) is 78.4 Å². The molecule has 0 radical (unpaired) electrons. The average Bonchev–Trinajstić information content (AvgIpc) is 3.02. The third-order valence-electron chi connectivity index (χ3n) is 7.50. The molecule has 41 heavy (non-hydrogen) atoms. The summed E-state index contributed by atoms with van der Waals surface area (Å²) in [6.45, 7) is 3.30. The Bertz CT molecular complexity index is 1380. The second-order valence-corrected chi connectivity index (χ2v) is 10.2. The van der Waals surface area contributed by atoms with Crippen LogP contribution in [-0.4, -0.2) is 57.8 Å². The molecule has 3 atom stereocenters. The van der Waals surface area contributed by atoms with Gasteiger partial charge in [0, 0.05) is 41.8 Å². The first-order valence-electron chi connectivity index (χ1n) is 14.2. The molecule has 1 fully saturated rings. The number of ether oxygens (including phenoxy) is 5. The Kier molecular flexibility index (Phi) is 10.1. The fourth-order valence-electron chi connectivity index (χ4n) is 5.46. The Hall–Kier alpha value is -3.62. The monoisotopic (exact) mass is 557 g/mol. The molecule has 1 aliphatic heterocycles. The van der Waals surface area contributed by atoms with E-state index in [1.807, 2.05) is 72.8 Å². The number of rotatable bonds is 13. The van der Waals surface area contributed by atoms with Crippen LogP contribution in [0.15, 0.2) is 84.9 Å². The number of β-amino-alcohol motifs (C(OH)–C–C–N with tert-alkyl or cyclic N) is 1. The van der Waals surface area contributed by atoms with Gasteiger partial charge in [0.25, 0.3) is 0 Å². The third kappa shape index (κ3) is 7.18. The van der Waals surface area contributed by atoms with Crippen molar-refractivity contribution in [1.29, 1.82) is 0 Å². The molecule has 7 heteroatoms. The first-order valence-corrected chi connectivity index (χ1v) is 14.2. The summed E-state index contributed by atoms with van der Waals surface area (Å²) in [7, 11) is 3.34. The van der Waals surface area contributed by atoms with Crippen LogP contribution in [-0.2, 0) is 22.7 Å². The lowest BCUT2D eigenvalue weighted by molar-refractivity contribution is -0.0332. The number of aliphatic hydroxyl groups is 1. The van der Waals surface area contributed by atoms with Gasteiger partial charge in [-0.2, -0.15) is 0 Å². The normalized spacial score (nSPS) is 18.8. The van der Waals surface area contributed by atoms with Gasteiger partial charge in [0.2, 0.25) is 0 Å². The van der Waals surface area contributed by atoms with E-state index in [4.69, 9.17) is 23.7 Å². The van der Waals surface area contributed by atoms with Crippen molar-refractivity contribution < 1.29 is 28.8 Å². The number of nitrogens with one attached hydrogen (secondary N) is 1. The molecule has 0 aliphatic carbocycles. The SMILES string of the molecule is COc1cc(COC2CNCC(O)C2c2ccc(OCCCOCc3ccccc3)cc2)c(OC)c2ccccc12. The number of aliphatic hydroxyl groups excluding tert-OH is 1. The summed E-state index contributed by atoms with van der Waals surface area (Å²) in [5.41, 5.74) is 3.09. The highest BCUT2D eigenvalue weighted by atomic mass is 16.5. The second-order valence-electron chi connectivity index (χ2n) is 10.2. The summed E-state index contributed by atoms with van der Waals surface area (Å²) in [4.78, 5) is 0. The van der Waals surface area contributed by atoms with Crippen molar-refractivity contribution in [2.75, 3.05) is 40.5 Å². The Balaban J connectivity index is 1.19. The van der Waals surface area contributed by atoms with Crippen LogP contribution in [0.1, 0.15) is 29.0 Å². The van der Waals surface area contributed by atoms with E-state index in [0.717, 1.165) is 45.6 Å². The van der Waals surface area contributed by atoms with Crippen LogP contribution in [0.4, 0.5) is 0 Å². The van der Waals surface area contributed by atoms with Gasteiger partial charge < -0.3 is 34.1 Å². The van der Waals surface area contributed by atoms with Crippen LogP contribution in [0.3, 0.4) is 0 Å². The van der Waals surface area contributed by atoms with E-state index in [1.165, 1.54) is 5.56 Å². The largest absolute Gasteiger partial charge is 0.496 e. The Morgan fingerprint density at radius 3 is 2.32 bits per heavy atom. The van der Waals surface area contributed by atoms with Crippen LogP contribution >= 0.6 is 0 Å². The minimum Gasteiger partial charge on any atom is -0.496 e. The van der Waals surface area contributed by atoms with Crippen molar-refractivity contribution in [2.24, 2.45) is 0 Å². The maximum absolute atomic E-state index is 11.0. The molecule has 1 aliphatic rings. The first-order chi connectivity index (χ1) is 20.2. The minimum absolute atomic E-state index is 0.176. The van der Waals surface area contributed by atoms with Gasteiger partial charge in [0.05, 0.1) is 52.9 Å². The molecule has 1 saturated heterocycles. The fraction of sp³-hybridized carbons (Fsp3) is 0.353. The Morgan fingerprint density at radius 2 is 1.56 bits per heavy atom. The van der Waals surface area contributed by atoms with Crippen molar-refractivity contribution in [3.63, 3.8) is 0 Å². The lowest BCUT2D eigenvalue weighted by Crippen LogP contribution is -2.49. The number of benzene rings is 4. The summed E-state index contributed by atoms with van der Waals surface area (Å²) in [6.07, 6.45) is 0.00494. The van der Waals surface area contributed by atoms with Gasteiger partial charge >= 0.3 is 0 Å². The Morgan fingerprint density at radius 1 is 0.805 bits per heavy atom. The van der Waals surface area contributed by atoms with Crippen LogP contribution in [0.2, 0.25) is 0 Å².